The SMILES string of the molecule is CCn1c(SCC(N)=O)nnc1-c1ccsc1. The van der Waals surface area contributed by atoms with Crippen LogP contribution in [0.2, 0.25) is 0 Å². The normalized spacial score (nSPS) is 10.6. The van der Waals surface area contributed by atoms with Crippen molar-refractivity contribution in [1.82, 2.24) is 14.8 Å². The minimum Gasteiger partial charge on any atom is -0.369 e. The molecule has 0 unspecified atom stereocenters. The maximum atomic E-state index is 10.8. The second kappa shape index (κ2) is 5.33. The van der Waals surface area contributed by atoms with Gasteiger partial charge in [0.1, 0.15) is 0 Å². The first-order valence-corrected chi connectivity index (χ1v) is 7.02. The number of carbonyl (C=O) groups excluding carboxylic acids is 1. The number of amides is 1. The van der Waals surface area contributed by atoms with Crippen molar-refractivity contribution in [2.24, 2.45) is 5.73 Å². The van der Waals surface area contributed by atoms with Crippen LogP contribution in [0.4, 0.5) is 0 Å². The van der Waals surface area contributed by atoms with Crippen molar-refractivity contribution in [3.63, 3.8) is 0 Å². The molecule has 7 heteroatoms. The minimum atomic E-state index is -0.349. The molecule has 0 aromatic carbocycles. The average Bonchev–Trinajstić information content (AvgIpc) is 2.94. The summed E-state index contributed by atoms with van der Waals surface area (Å²) in [6.07, 6.45) is 0. The van der Waals surface area contributed by atoms with Crippen LogP contribution in [0, 0.1) is 0 Å². The van der Waals surface area contributed by atoms with Gasteiger partial charge in [0.15, 0.2) is 11.0 Å². The topological polar surface area (TPSA) is 73.8 Å². The Morgan fingerprint density at radius 3 is 3.00 bits per heavy atom. The summed E-state index contributed by atoms with van der Waals surface area (Å²) >= 11 is 2.94. The number of thioether (sulfide) groups is 1. The van der Waals surface area contributed by atoms with Crippen LogP contribution in [0.5, 0.6) is 0 Å². The van der Waals surface area contributed by atoms with Crippen molar-refractivity contribution in [1.29, 1.82) is 0 Å². The average molecular weight is 268 g/mol. The van der Waals surface area contributed by atoms with E-state index in [1.807, 2.05) is 28.3 Å². The summed E-state index contributed by atoms with van der Waals surface area (Å²) in [6.45, 7) is 2.78. The number of hydrogen-bond acceptors (Lipinski definition) is 5. The third-order valence-corrected chi connectivity index (χ3v) is 3.83. The molecule has 2 rings (SSSR count). The molecule has 17 heavy (non-hydrogen) atoms. The molecule has 0 spiro atoms. The molecule has 2 aromatic rings. The molecular formula is C10H12N4OS2. The van der Waals surface area contributed by atoms with Gasteiger partial charge in [-0.2, -0.15) is 11.3 Å². The van der Waals surface area contributed by atoms with Crippen LogP contribution in [0.25, 0.3) is 11.4 Å². The molecule has 0 aliphatic rings. The first kappa shape index (κ1) is 12.1. The van der Waals surface area contributed by atoms with E-state index in [9.17, 15) is 4.79 Å². The van der Waals surface area contributed by atoms with E-state index in [0.29, 0.717) is 0 Å². The summed E-state index contributed by atoms with van der Waals surface area (Å²) in [6, 6.07) is 2.00. The second-order valence-corrected chi connectivity index (χ2v) is 5.04. The molecule has 0 aliphatic carbocycles. The fourth-order valence-corrected chi connectivity index (χ4v) is 2.80. The molecular weight excluding hydrogens is 256 g/mol. The Labute approximate surface area is 107 Å². The minimum absolute atomic E-state index is 0.224. The van der Waals surface area contributed by atoms with Crippen molar-refractivity contribution in [2.45, 2.75) is 18.6 Å². The number of nitrogens with zero attached hydrogens (tertiary/aromatic N) is 3. The first-order chi connectivity index (χ1) is 8.22. The number of hydrogen-bond donors (Lipinski definition) is 1. The fraction of sp³-hybridized carbons (Fsp3) is 0.300. The van der Waals surface area contributed by atoms with Crippen molar-refractivity contribution < 1.29 is 4.79 Å². The number of rotatable bonds is 5. The van der Waals surface area contributed by atoms with Crippen LogP contribution >= 0.6 is 23.1 Å². The Balaban J connectivity index is 2.27. The second-order valence-electron chi connectivity index (χ2n) is 3.32. The summed E-state index contributed by atoms with van der Waals surface area (Å²) in [5.41, 5.74) is 6.17. The van der Waals surface area contributed by atoms with E-state index in [4.69, 9.17) is 5.73 Å². The quantitative estimate of drug-likeness (QED) is 0.836. The van der Waals surface area contributed by atoms with E-state index in [0.717, 1.165) is 23.1 Å². The summed E-state index contributed by atoms with van der Waals surface area (Å²) in [5, 5.41) is 13.0. The molecule has 0 saturated carbocycles. The highest BCUT2D eigenvalue weighted by Crippen LogP contribution is 2.25. The number of carbonyl (C=O) groups is 1. The van der Waals surface area contributed by atoms with Crippen LogP contribution in [-0.2, 0) is 11.3 Å². The van der Waals surface area contributed by atoms with Crippen LogP contribution in [0.1, 0.15) is 6.92 Å². The third-order valence-electron chi connectivity index (χ3n) is 2.16. The Kier molecular flexibility index (Phi) is 3.80. The van der Waals surface area contributed by atoms with Crippen molar-refractivity contribution in [3.8, 4) is 11.4 Å². The predicted molar refractivity (Wildman–Crippen MR) is 68.9 cm³/mol. The van der Waals surface area contributed by atoms with Crippen LogP contribution in [-0.4, -0.2) is 26.4 Å². The lowest BCUT2D eigenvalue weighted by molar-refractivity contribution is -0.115. The number of primary amides is 1. The van der Waals surface area contributed by atoms with E-state index < -0.39 is 0 Å². The summed E-state index contributed by atoms with van der Waals surface area (Å²) in [4.78, 5) is 10.8. The van der Waals surface area contributed by atoms with Crippen molar-refractivity contribution in [3.05, 3.63) is 16.8 Å². The number of nitrogens with two attached hydrogens (primary N) is 1. The Morgan fingerprint density at radius 2 is 2.41 bits per heavy atom. The van der Waals surface area contributed by atoms with E-state index in [2.05, 4.69) is 10.2 Å². The zero-order chi connectivity index (χ0) is 12.3. The first-order valence-electron chi connectivity index (χ1n) is 5.09. The number of aromatic nitrogens is 3. The maximum absolute atomic E-state index is 10.8. The van der Waals surface area contributed by atoms with E-state index in [1.165, 1.54) is 11.8 Å². The van der Waals surface area contributed by atoms with E-state index >= 15 is 0 Å². The van der Waals surface area contributed by atoms with Gasteiger partial charge in [-0.15, -0.1) is 10.2 Å². The zero-order valence-electron chi connectivity index (χ0n) is 9.29. The zero-order valence-corrected chi connectivity index (χ0v) is 10.9. The highest BCUT2D eigenvalue weighted by atomic mass is 32.2. The van der Waals surface area contributed by atoms with Gasteiger partial charge in [0.2, 0.25) is 5.91 Å². The molecule has 0 aliphatic heterocycles. The van der Waals surface area contributed by atoms with Crippen molar-refractivity contribution in [2.75, 3.05) is 5.75 Å². The van der Waals surface area contributed by atoms with Crippen LogP contribution in [0.15, 0.2) is 22.0 Å². The smallest absolute Gasteiger partial charge is 0.227 e. The molecule has 0 saturated heterocycles. The molecule has 2 aromatic heterocycles. The van der Waals surface area contributed by atoms with Gasteiger partial charge in [-0.25, -0.2) is 0 Å². The van der Waals surface area contributed by atoms with Gasteiger partial charge in [0, 0.05) is 17.5 Å². The predicted octanol–water partition coefficient (Wildman–Crippen LogP) is 1.60. The molecule has 2 N–H and O–H groups in total. The monoisotopic (exact) mass is 268 g/mol. The number of thiophene rings is 1. The lowest BCUT2D eigenvalue weighted by atomic mass is 10.3. The molecule has 0 bridgehead atoms. The van der Waals surface area contributed by atoms with Gasteiger partial charge in [0.25, 0.3) is 0 Å². The van der Waals surface area contributed by atoms with Gasteiger partial charge in [0.05, 0.1) is 5.75 Å². The highest BCUT2D eigenvalue weighted by molar-refractivity contribution is 7.99. The van der Waals surface area contributed by atoms with E-state index in [-0.39, 0.29) is 11.7 Å². The third kappa shape index (κ3) is 2.67. The molecule has 90 valence electrons. The summed E-state index contributed by atoms with van der Waals surface area (Å²) < 4.78 is 1.98. The summed E-state index contributed by atoms with van der Waals surface area (Å²) in [5.74, 6) is 0.709. The molecule has 5 nitrogen and oxygen atoms in total. The Bertz CT molecular complexity index is 506. The lowest BCUT2D eigenvalue weighted by Crippen LogP contribution is -2.13. The van der Waals surface area contributed by atoms with Gasteiger partial charge < -0.3 is 10.3 Å². The van der Waals surface area contributed by atoms with Crippen molar-refractivity contribution >= 4 is 29.0 Å². The van der Waals surface area contributed by atoms with Gasteiger partial charge in [-0.05, 0) is 18.4 Å². The van der Waals surface area contributed by atoms with Gasteiger partial charge in [-0.1, -0.05) is 11.8 Å². The van der Waals surface area contributed by atoms with E-state index in [1.54, 1.807) is 11.3 Å². The van der Waals surface area contributed by atoms with Crippen LogP contribution < -0.4 is 5.73 Å². The lowest BCUT2D eigenvalue weighted by Gasteiger charge is -2.04. The molecule has 2 heterocycles. The van der Waals surface area contributed by atoms with Gasteiger partial charge >= 0.3 is 0 Å². The van der Waals surface area contributed by atoms with Gasteiger partial charge in [-0.3, -0.25) is 4.79 Å². The summed E-state index contributed by atoms with van der Waals surface area (Å²) in [7, 11) is 0. The Morgan fingerprint density at radius 1 is 1.59 bits per heavy atom. The van der Waals surface area contributed by atoms with Crippen LogP contribution in [0.3, 0.4) is 0 Å². The molecule has 0 radical (unpaired) electrons. The maximum Gasteiger partial charge on any atom is 0.227 e. The molecule has 0 atom stereocenters. The standard InChI is InChI=1S/C10H12N4OS2/c1-2-14-9(7-3-4-16-5-7)12-13-10(14)17-6-8(11)15/h3-5H,2,6H2,1H3,(H2,11,15). The Hall–Kier alpha value is -1.34. The molecule has 1 amide bonds. The fourth-order valence-electron chi connectivity index (χ4n) is 1.42. The largest absolute Gasteiger partial charge is 0.369 e. The highest BCUT2D eigenvalue weighted by Gasteiger charge is 2.13. The molecule has 0 fully saturated rings.